The molecule has 2 heterocycles. The molecular weight excluding hydrogens is 254 g/mol. The van der Waals surface area contributed by atoms with Crippen LogP contribution in [0.3, 0.4) is 0 Å². The van der Waals surface area contributed by atoms with Crippen molar-refractivity contribution in [3.05, 3.63) is 58.9 Å². The first kappa shape index (κ1) is 12.5. The molecule has 0 amide bonds. The molecule has 0 fully saturated rings. The third kappa shape index (κ3) is 2.31. The average molecular weight is 267 g/mol. The largest absolute Gasteiger partial charge is 0.377 e. The van der Waals surface area contributed by atoms with Gasteiger partial charge in [0.25, 0.3) is 5.56 Å². The number of H-pyrrole nitrogens is 1. The smallest absolute Gasteiger partial charge is 0.251 e. The molecule has 0 atom stereocenters. The predicted octanol–water partition coefficient (Wildman–Crippen LogP) is 2.13. The second-order valence-electron chi connectivity index (χ2n) is 4.42. The maximum absolute atomic E-state index is 11.7. The van der Waals surface area contributed by atoms with Gasteiger partial charge in [-0.05, 0) is 5.39 Å². The summed E-state index contributed by atoms with van der Waals surface area (Å²) >= 11 is 0. The highest BCUT2D eigenvalue weighted by atomic mass is 16.5. The lowest BCUT2D eigenvalue weighted by Gasteiger charge is -2.06. The standard InChI is InChI=1S/C15H13N3O2/c1-20-9-14-17-13(6-15(19)18-14)12-8-16-7-10-4-2-3-5-11(10)12/h2-8H,9H2,1H3,(H,17,18,19). The van der Waals surface area contributed by atoms with Crippen LogP contribution in [0.4, 0.5) is 0 Å². The molecule has 0 aliphatic heterocycles. The first-order valence-electron chi connectivity index (χ1n) is 6.20. The molecule has 0 aliphatic rings. The van der Waals surface area contributed by atoms with Gasteiger partial charge in [0.1, 0.15) is 12.4 Å². The molecule has 5 nitrogen and oxygen atoms in total. The molecule has 3 rings (SSSR count). The summed E-state index contributed by atoms with van der Waals surface area (Å²) in [7, 11) is 1.56. The van der Waals surface area contributed by atoms with Gasteiger partial charge < -0.3 is 9.72 Å². The number of nitrogens with one attached hydrogen (secondary N) is 1. The summed E-state index contributed by atoms with van der Waals surface area (Å²) in [6.45, 7) is 0.265. The minimum Gasteiger partial charge on any atom is -0.377 e. The Hall–Kier alpha value is -2.53. The van der Waals surface area contributed by atoms with E-state index in [0.717, 1.165) is 16.3 Å². The molecule has 2 aromatic heterocycles. The van der Waals surface area contributed by atoms with E-state index in [1.807, 2.05) is 24.3 Å². The van der Waals surface area contributed by atoms with E-state index in [1.165, 1.54) is 6.07 Å². The average Bonchev–Trinajstić information content (AvgIpc) is 2.46. The van der Waals surface area contributed by atoms with E-state index in [-0.39, 0.29) is 12.2 Å². The quantitative estimate of drug-likeness (QED) is 0.789. The van der Waals surface area contributed by atoms with Crippen LogP contribution in [0.2, 0.25) is 0 Å². The number of benzene rings is 1. The van der Waals surface area contributed by atoms with E-state index in [4.69, 9.17) is 4.74 Å². The van der Waals surface area contributed by atoms with Gasteiger partial charge >= 0.3 is 0 Å². The number of methoxy groups -OCH3 is 1. The van der Waals surface area contributed by atoms with Crippen LogP contribution in [0.15, 0.2) is 47.5 Å². The van der Waals surface area contributed by atoms with E-state index in [0.29, 0.717) is 11.5 Å². The highest BCUT2D eigenvalue weighted by Gasteiger charge is 2.08. The topological polar surface area (TPSA) is 67.9 Å². The molecule has 0 saturated heterocycles. The minimum absolute atomic E-state index is 0.199. The van der Waals surface area contributed by atoms with Crippen molar-refractivity contribution in [1.29, 1.82) is 0 Å². The SMILES string of the molecule is COCc1nc(-c2cncc3ccccc23)cc(=O)[nH]1. The summed E-state index contributed by atoms with van der Waals surface area (Å²) in [6, 6.07) is 9.35. The number of nitrogens with zero attached hydrogens (tertiary/aromatic N) is 2. The molecule has 20 heavy (non-hydrogen) atoms. The lowest BCUT2D eigenvalue weighted by molar-refractivity contribution is 0.177. The summed E-state index contributed by atoms with van der Waals surface area (Å²) in [6.07, 6.45) is 3.52. The van der Waals surface area contributed by atoms with Gasteiger partial charge in [0.15, 0.2) is 0 Å². The monoisotopic (exact) mass is 267 g/mol. The molecule has 0 saturated carbocycles. The van der Waals surface area contributed by atoms with Crippen LogP contribution in [0.25, 0.3) is 22.0 Å². The van der Waals surface area contributed by atoms with Crippen molar-refractivity contribution in [2.24, 2.45) is 0 Å². The summed E-state index contributed by atoms with van der Waals surface area (Å²) in [5.74, 6) is 0.503. The molecule has 0 unspecified atom stereocenters. The van der Waals surface area contributed by atoms with E-state index < -0.39 is 0 Å². The Morgan fingerprint density at radius 2 is 2.10 bits per heavy atom. The number of aromatic amines is 1. The van der Waals surface area contributed by atoms with E-state index in [9.17, 15) is 4.79 Å². The van der Waals surface area contributed by atoms with Gasteiger partial charge in [-0.3, -0.25) is 9.78 Å². The summed E-state index contributed by atoms with van der Waals surface area (Å²) in [5.41, 5.74) is 1.24. The van der Waals surface area contributed by atoms with Crippen molar-refractivity contribution in [2.75, 3.05) is 7.11 Å². The van der Waals surface area contributed by atoms with Crippen molar-refractivity contribution in [3.8, 4) is 11.3 Å². The van der Waals surface area contributed by atoms with Crippen molar-refractivity contribution < 1.29 is 4.74 Å². The van der Waals surface area contributed by atoms with Gasteiger partial charge in [-0.1, -0.05) is 24.3 Å². The first-order valence-corrected chi connectivity index (χ1v) is 6.20. The Balaban J connectivity index is 2.23. The molecule has 0 radical (unpaired) electrons. The molecule has 0 aliphatic carbocycles. The maximum atomic E-state index is 11.7. The third-order valence-electron chi connectivity index (χ3n) is 3.02. The Morgan fingerprint density at radius 3 is 2.95 bits per heavy atom. The Labute approximate surface area is 115 Å². The van der Waals surface area contributed by atoms with Crippen molar-refractivity contribution >= 4 is 10.8 Å². The summed E-state index contributed by atoms with van der Waals surface area (Å²) < 4.78 is 5.01. The molecule has 0 spiro atoms. The van der Waals surface area contributed by atoms with E-state index >= 15 is 0 Å². The van der Waals surface area contributed by atoms with Crippen molar-refractivity contribution in [1.82, 2.24) is 15.0 Å². The lowest BCUT2D eigenvalue weighted by atomic mass is 10.1. The fourth-order valence-corrected chi connectivity index (χ4v) is 2.17. The van der Waals surface area contributed by atoms with Gasteiger partial charge in [0, 0.05) is 36.5 Å². The van der Waals surface area contributed by atoms with Crippen LogP contribution in [0.5, 0.6) is 0 Å². The molecule has 5 heteroatoms. The normalized spacial score (nSPS) is 10.8. The van der Waals surface area contributed by atoms with Crippen LogP contribution in [0.1, 0.15) is 5.82 Å². The molecule has 3 aromatic rings. The number of fused-ring (bicyclic) bond motifs is 1. The van der Waals surface area contributed by atoms with Crippen molar-refractivity contribution in [3.63, 3.8) is 0 Å². The van der Waals surface area contributed by atoms with Crippen LogP contribution in [-0.4, -0.2) is 22.1 Å². The predicted molar refractivity (Wildman–Crippen MR) is 76.3 cm³/mol. The Morgan fingerprint density at radius 1 is 1.25 bits per heavy atom. The molecular formula is C15H13N3O2. The van der Waals surface area contributed by atoms with Crippen LogP contribution >= 0.6 is 0 Å². The fraction of sp³-hybridized carbons (Fsp3) is 0.133. The Kier molecular flexibility index (Phi) is 3.26. The fourth-order valence-electron chi connectivity index (χ4n) is 2.17. The maximum Gasteiger partial charge on any atom is 0.251 e. The number of aromatic nitrogens is 3. The van der Waals surface area contributed by atoms with E-state index in [1.54, 1.807) is 19.5 Å². The van der Waals surface area contributed by atoms with Gasteiger partial charge in [0.05, 0.1) is 5.69 Å². The molecule has 1 aromatic carbocycles. The second kappa shape index (κ2) is 5.22. The molecule has 1 N–H and O–H groups in total. The number of hydrogen-bond acceptors (Lipinski definition) is 4. The van der Waals surface area contributed by atoms with Crippen LogP contribution in [-0.2, 0) is 11.3 Å². The zero-order valence-corrected chi connectivity index (χ0v) is 11.0. The second-order valence-corrected chi connectivity index (χ2v) is 4.42. The van der Waals surface area contributed by atoms with E-state index in [2.05, 4.69) is 15.0 Å². The van der Waals surface area contributed by atoms with Gasteiger partial charge in [-0.15, -0.1) is 0 Å². The van der Waals surface area contributed by atoms with Crippen LogP contribution in [0, 0.1) is 0 Å². The Bertz CT molecular complexity index is 806. The van der Waals surface area contributed by atoms with Gasteiger partial charge in [-0.2, -0.15) is 0 Å². The molecule has 0 bridgehead atoms. The zero-order chi connectivity index (χ0) is 13.9. The highest BCUT2D eigenvalue weighted by Crippen LogP contribution is 2.25. The zero-order valence-electron chi connectivity index (χ0n) is 11.0. The number of hydrogen-bond donors (Lipinski definition) is 1. The number of rotatable bonds is 3. The third-order valence-corrected chi connectivity index (χ3v) is 3.02. The van der Waals surface area contributed by atoms with Crippen molar-refractivity contribution in [2.45, 2.75) is 6.61 Å². The number of pyridine rings is 1. The van der Waals surface area contributed by atoms with Gasteiger partial charge in [-0.25, -0.2) is 4.98 Å². The first-order chi connectivity index (χ1) is 9.78. The van der Waals surface area contributed by atoms with Crippen LogP contribution < -0.4 is 5.56 Å². The lowest BCUT2D eigenvalue weighted by Crippen LogP contribution is -2.11. The van der Waals surface area contributed by atoms with Gasteiger partial charge in [0.2, 0.25) is 0 Å². The summed E-state index contributed by atoms with van der Waals surface area (Å²) in [5, 5.41) is 2.03. The highest BCUT2D eigenvalue weighted by molar-refractivity contribution is 5.94. The summed E-state index contributed by atoms with van der Waals surface area (Å²) in [4.78, 5) is 23.0. The molecule has 100 valence electrons. The minimum atomic E-state index is -0.199. The number of ether oxygens (including phenoxy) is 1.